The number of hydrogen-bond donors (Lipinski definition) is 3. The van der Waals surface area contributed by atoms with Crippen LogP contribution in [0.15, 0.2) is 65.8 Å². The number of amides is 3. The molecule has 0 unspecified atom stereocenters. The van der Waals surface area contributed by atoms with Gasteiger partial charge in [0.1, 0.15) is 0 Å². The average molecular weight is 715 g/mol. The number of nitrogens with zero attached hydrogens (tertiary/aromatic N) is 3. The van der Waals surface area contributed by atoms with Gasteiger partial charge >= 0.3 is 0 Å². The van der Waals surface area contributed by atoms with E-state index in [4.69, 9.17) is 4.74 Å². The molecule has 3 amide bonds. The van der Waals surface area contributed by atoms with Crippen molar-refractivity contribution in [3.8, 4) is 0 Å². The lowest BCUT2D eigenvalue weighted by atomic mass is 9.82. The fourth-order valence-corrected chi connectivity index (χ4v) is 11.3. The van der Waals surface area contributed by atoms with Gasteiger partial charge in [-0.2, -0.15) is 0 Å². The number of allylic oxidation sites excluding steroid dienone is 3. The van der Waals surface area contributed by atoms with Crippen LogP contribution in [0.5, 0.6) is 0 Å². The zero-order chi connectivity index (χ0) is 36.7. The summed E-state index contributed by atoms with van der Waals surface area (Å²) < 4.78 is 7.03. The zero-order valence-corrected chi connectivity index (χ0v) is 31.9. The van der Waals surface area contributed by atoms with E-state index < -0.39 is 31.5 Å². The van der Waals surface area contributed by atoms with Crippen LogP contribution in [-0.2, 0) is 37.7 Å². The summed E-state index contributed by atoms with van der Waals surface area (Å²) in [5.74, 6) is -0.872. The summed E-state index contributed by atoms with van der Waals surface area (Å²) in [6.45, 7) is 13.9. The predicted molar refractivity (Wildman–Crippen MR) is 202 cm³/mol. The lowest BCUT2D eigenvalue weighted by molar-refractivity contribution is -0.150. The Morgan fingerprint density at radius 1 is 1.10 bits per heavy atom. The first-order valence-corrected chi connectivity index (χ1v) is 21.4. The molecule has 2 aromatic rings. The van der Waals surface area contributed by atoms with Crippen molar-refractivity contribution in [1.29, 1.82) is 0 Å². The molecular formula is C40H54N4O6Si. The fraction of sp³-hybridized carbons (Fsp3) is 0.525. The Morgan fingerprint density at radius 2 is 1.84 bits per heavy atom. The van der Waals surface area contributed by atoms with Gasteiger partial charge < -0.3 is 34.7 Å². The standard InChI is InChI=1S/C40H54N4O6Si/c1-26(2)10-9-11-27(3)16-18-43-34-15-14-31(42-19-17-41-23-37(42)47)21-33(34)40(39(43)48)28(4)38(51(5,6)49)35(50-40)22-36(46)44-24-30-13-8-7-12-29(30)20-32(44)25-45/h7-8,10,12-16,21,28,32,35,38,41,45,49H,9,11,17-20,22-25H2,1-6H3/b27-16+/t28-,32-,35+,38-,40+/m0/s1. The predicted octanol–water partition coefficient (Wildman–Crippen LogP) is 4.80. The minimum atomic E-state index is -3.04. The van der Waals surface area contributed by atoms with Crippen LogP contribution in [0.4, 0.5) is 11.4 Å². The van der Waals surface area contributed by atoms with Gasteiger partial charge in [0, 0.05) is 48.9 Å². The molecule has 4 aliphatic heterocycles. The highest BCUT2D eigenvalue weighted by Gasteiger charge is 2.66. The Balaban J connectivity index is 1.37. The number of fused-ring (bicyclic) bond motifs is 3. The van der Waals surface area contributed by atoms with Gasteiger partial charge in [0.2, 0.25) is 11.8 Å². The molecule has 0 aromatic heterocycles. The quantitative estimate of drug-likeness (QED) is 0.239. The molecule has 2 aromatic carbocycles. The molecule has 10 nitrogen and oxygen atoms in total. The Kier molecular flexibility index (Phi) is 10.8. The van der Waals surface area contributed by atoms with Gasteiger partial charge in [0.05, 0.1) is 37.4 Å². The summed E-state index contributed by atoms with van der Waals surface area (Å²) in [5, 5.41) is 13.5. The molecule has 0 aliphatic carbocycles. The first-order chi connectivity index (χ1) is 24.3. The maximum Gasteiger partial charge on any atom is 0.264 e. The van der Waals surface area contributed by atoms with Gasteiger partial charge in [-0.1, -0.05) is 54.5 Å². The summed E-state index contributed by atoms with van der Waals surface area (Å²) in [7, 11) is -3.04. The van der Waals surface area contributed by atoms with E-state index in [0.717, 1.165) is 29.7 Å². The minimum absolute atomic E-state index is 0.0195. The first kappa shape index (κ1) is 37.2. The van der Waals surface area contributed by atoms with Crippen LogP contribution in [0.2, 0.25) is 18.6 Å². The van der Waals surface area contributed by atoms with E-state index in [0.29, 0.717) is 43.9 Å². The van der Waals surface area contributed by atoms with Crippen molar-refractivity contribution < 1.29 is 29.0 Å². The second-order valence-electron chi connectivity index (χ2n) is 15.6. The van der Waals surface area contributed by atoms with Crippen LogP contribution < -0.4 is 15.1 Å². The number of aliphatic hydroxyl groups excluding tert-OH is 1. The molecule has 11 heteroatoms. The molecule has 4 aliphatic rings. The smallest absolute Gasteiger partial charge is 0.264 e. The lowest BCUT2D eigenvalue weighted by Gasteiger charge is -2.37. The van der Waals surface area contributed by atoms with Crippen LogP contribution in [0, 0.1) is 5.92 Å². The highest BCUT2D eigenvalue weighted by atomic mass is 28.4. The number of piperazine rings is 1. The highest BCUT2D eigenvalue weighted by Crippen LogP contribution is 2.60. The maximum atomic E-state index is 15.0. The molecule has 2 saturated heterocycles. The Morgan fingerprint density at radius 3 is 2.53 bits per heavy atom. The SMILES string of the molecule is CC(C)=CCC/C(C)=C/CN1C(=O)[C@]2(O[C@H](CC(=O)N3Cc4ccccc4C[C@H]3CO)[C@@H]([Si](C)(C)O)[C@@H]2C)c2cc(N3CCNCC3=O)ccc21. The average Bonchev–Trinajstić information content (AvgIpc) is 3.52. The van der Waals surface area contributed by atoms with Crippen molar-refractivity contribution in [2.75, 3.05) is 42.6 Å². The number of anilines is 2. The minimum Gasteiger partial charge on any atom is -0.432 e. The number of benzene rings is 2. The highest BCUT2D eigenvalue weighted by molar-refractivity contribution is 6.71. The van der Waals surface area contributed by atoms with Gasteiger partial charge in [-0.25, -0.2) is 0 Å². The van der Waals surface area contributed by atoms with E-state index in [1.165, 1.54) is 11.1 Å². The number of carbonyl (C=O) groups is 3. The molecular weight excluding hydrogens is 661 g/mol. The molecule has 6 rings (SSSR count). The largest absolute Gasteiger partial charge is 0.432 e. The molecule has 1 spiro atoms. The number of aliphatic hydroxyl groups is 1. The summed E-state index contributed by atoms with van der Waals surface area (Å²) in [4.78, 5) is 59.3. The zero-order valence-electron chi connectivity index (χ0n) is 30.9. The van der Waals surface area contributed by atoms with Gasteiger partial charge in [0.25, 0.3) is 5.91 Å². The normalized spacial score (nSPS) is 26.5. The summed E-state index contributed by atoms with van der Waals surface area (Å²) in [5.41, 5.74) is 4.85. The Hall–Kier alpha value is -3.61. The van der Waals surface area contributed by atoms with E-state index in [2.05, 4.69) is 38.2 Å². The van der Waals surface area contributed by atoms with Gasteiger partial charge in [-0.05, 0) is 82.5 Å². The Labute approximate surface area is 303 Å². The van der Waals surface area contributed by atoms with Crippen molar-refractivity contribution >= 4 is 37.4 Å². The first-order valence-electron chi connectivity index (χ1n) is 18.4. The third-order valence-corrected chi connectivity index (χ3v) is 13.8. The summed E-state index contributed by atoms with van der Waals surface area (Å²) in [6, 6.07) is 13.4. The molecule has 4 heterocycles. The van der Waals surface area contributed by atoms with Crippen LogP contribution in [0.3, 0.4) is 0 Å². The lowest BCUT2D eigenvalue weighted by Crippen LogP contribution is -2.48. The van der Waals surface area contributed by atoms with Crippen LogP contribution in [-0.4, -0.2) is 85.8 Å². The van der Waals surface area contributed by atoms with E-state index in [1.807, 2.05) is 62.5 Å². The van der Waals surface area contributed by atoms with Gasteiger partial charge in [-0.15, -0.1) is 0 Å². The molecule has 5 atom stereocenters. The second kappa shape index (κ2) is 14.8. The molecule has 0 radical (unpaired) electrons. The molecule has 0 bridgehead atoms. The van der Waals surface area contributed by atoms with Crippen molar-refractivity contribution in [3.63, 3.8) is 0 Å². The van der Waals surface area contributed by atoms with Crippen LogP contribution >= 0.6 is 0 Å². The third-order valence-electron chi connectivity index (χ3n) is 11.3. The van der Waals surface area contributed by atoms with Crippen molar-refractivity contribution in [3.05, 3.63) is 82.5 Å². The molecule has 51 heavy (non-hydrogen) atoms. The number of nitrogens with one attached hydrogen (secondary N) is 1. The molecule has 0 saturated carbocycles. The topological polar surface area (TPSA) is 123 Å². The maximum absolute atomic E-state index is 15.0. The second-order valence-corrected chi connectivity index (χ2v) is 19.6. The molecule has 2 fully saturated rings. The number of rotatable bonds is 10. The van der Waals surface area contributed by atoms with E-state index in [-0.39, 0.29) is 43.3 Å². The monoisotopic (exact) mass is 714 g/mol. The van der Waals surface area contributed by atoms with E-state index in [9.17, 15) is 24.3 Å². The summed E-state index contributed by atoms with van der Waals surface area (Å²) in [6.07, 6.45) is 5.93. The van der Waals surface area contributed by atoms with Crippen LogP contribution in [0.1, 0.15) is 63.6 Å². The number of carbonyl (C=O) groups excluding carboxylic acids is 3. The van der Waals surface area contributed by atoms with Crippen molar-refractivity contribution in [2.45, 2.75) is 96.3 Å². The number of ether oxygens (including phenoxy) is 1. The van der Waals surface area contributed by atoms with Crippen LogP contribution in [0.25, 0.3) is 0 Å². The molecule has 274 valence electrons. The fourth-order valence-electron chi connectivity index (χ4n) is 8.76. The third kappa shape index (κ3) is 7.11. The Bertz CT molecular complexity index is 1730. The number of hydrogen-bond acceptors (Lipinski definition) is 7. The van der Waals surface area contributed by atoms with Crippen molar-refractivity contribution in [1.82, 2.24) is 10.2 Å². The van der Waals surface area contributed by atoms with E-state index >= 15 is 0 Å². The van der Waals surface area contributed by atoms with E-state index in [1.54, 1.807) is 14.7 Å². The summed E-state index contributed by atoms with van der Waals surface area (Å²) >= 11 is 0. The molecule has 3 N–H and O–H groups in total. The van der Waals surface area contributed by atoms with Crippen molar-refractivity contribution in [2.24, 2.45) is 5.92 Å². The van der Waals surface area contributed by atoms with Gasteiger partial charge in [-0.3, -0.25) is 14.4 Å². The van der Waals surface area contributed by atoms with Gasteiger partial charge in [0.15, 0.2) is 13.9 Å².